The van der Waals surface area contributed by atoms with Crippen LogP contribution in [-0.4, -0.2) is 12.5 Å². The molecular weight excluding hydrogens is 375 g/mol. The molecule has 0 heterocycles. The van der Waals surface area contributed by atoms with Crippen LogP contribution in [0.5, 0.6) is 0 Å². The van der Waals surface area contributed by atoms with Crippen LogP contribution >= 0.6 is 22.6 Å². The number of nitrogens with one attached hydrogen (secondary N) is 1. The summed E-state index contributed by atoms with van der Waals surface area (Å²) in [5.74, 6) is -1.41. The third-order valence-corrected chi connectivity index (χ3v) is 3.45. The lowest BCUT2D eigenvalue weighted by atomic mass is 10.1. The van der Waals surface area contributed by atoms with E-state index in [9.17, 15) is 13.6 Å². The number of halogens is 3. The Morgan fingerprint density at radius 2 is 1.65 bits per heavy atom. The lowest BCUT2D eigenvalue weighted by Gasteiger charge is -2.06. The maximum atomic E-state index is 13.0. The monoisotopic (exact) mass is 387 g/mol. The van der Waals surface area contributed by atoms with Crippen LogP contribution in [0.4, 0.5) is 8.78 Å². The number of hydrogen-bond donors (Lipinski definition) is 1. The Kier molecular flexibility index (Phi) is 5.05. The van der Waals surface area contributed by atoms with Gasteiger partial charge < -0.3 is 5.32 Å². The van der Waals surface area contributed by atoms with Crippen molar-refractivity contribution in [2.75, 3.05) is 6.54 Å². The minimum atomic E-state index is -0.607. The lowest BCUT2D eigenvalue weighted by molar-refractivity contribution is 0.0954. The number of carbonyl (C=O) groups excluding carboxylic acids is 1. The van der Waals surface area contributed by atoms with E-state index >= 15 is 0 Å². The summed E-state index contributed by atoms with van der Waals surface area (Å²) in [5, 5.41) is 2.72. The van der Waals surface area contributed by atoms with E-state index in [0.717, 1.165) is 9.64 Å². The van der Waals surface area contributed by atoms with E-state index in [4.69, 9.17) is 0 Å². The molecule has 0 bridgehead atoms. The van der Waals surface area contributed by atoms with Gasteiger partial charge in [0, 0.05) is 21.7 Å². The predicted molar refractivity (Wildman–Crippen MR) is 81.6 cm³/mol. The van der Waals surface area contributed by atoms with Crippen LogP contribution in [0.2, 0.25) is 0 Å². The van der Waals surface area contributed by atoms with Crippen molar-refractivity contribution in [2.24, 2.45) is 0 Å². The molecule has 104 valence electrons. The average Bonchev–Trinajstić information content (AvgIpc) is 2.38. The van der Waals surface area contributed by atoms with Gasteiger partial charge in [0.05, 0.1) is 0 Å². The molecule has 2 nitrogen and oxygen atoms in total. The molecule has 5 heteroatoms. The van der Waals surface area contributed by atoms with E-state index in [1.165, 1.54) is 12.1 Å². The van der Waals surface area contributed by atoms with Gasteiger partial charge >= 0.3 is 0 Å². The molecular formula is C15H12F2INO. The summed E-state index contributed by atoms with van der Waals surface area (Å²) in [4.78, 5) is 11.8. The second-order valence-corrected chi connectivity index (χ2v) is 5.54. The van der Waals surface area contributed by atoms with Gasteiger partial charge in [0.15, 0.2) is 0 Å². The molecule has 0 atom stereocenters. The molecule has 0 unspecified atom stereocenters. The summed E-state index contributed by atoms with van der Waals surface area (Å²) in [5.41, 5.74) is 1.08. The van der Waals surface area contributed by atoms with Gasteiger partial charge in [-0.25, -0.2) is 8.78 Å². The van der Waals surface area contributed by atoms with E-state index in [-0.39, 0.29) is 5.91 Å². The Labute approximate surface area is 129 Å². The fourth-order valence-electron chi connectivity index (χ4n) is 1.78. The van der Waals surface area contributed by atoms with E-state index in [1.807, 2.05) is 12.1 Å². The van der Waals surface area contributed by atoms with Crippen molar-refractivity contribution in [3.8, 4) is 0 Å². The van der Waals surface area contributed by atoms with Crippen LogP contribution in [0.3, 0.4) is 0 Å². The highest BCUT2D eigenvalue weighted by molar-refractivity contribution is 14.1. The van der Waals surface area contributed by atoms with Gasteiger partial charge in [-0.15, -0.1) is 0 Å². The van der Waals surface area contributed by atoms with E-state index in [2.05, 4.69) is 27.9 Å². The zero-order valence-electron chi connectivity index (χ0n) is 10.5. The van der Waals surface area contributed by atoms with Crippen molar-refractivity contribution >= 4 is 28.5 Å². The van der Waals surface area contributed by atoms with Gasteiger partial charge in [0.1, 0.15) is 11.6 Å². The minimum absolute atomic E-state index is 0.196. The first-order chi connectivity index (χ1) is 9.54. The van der Waals surface area contributed by atoms with Crippen molar-refractivity contribution in [3.05, 3.63) is 68.8 Å². The molecule has 1 N–H and O–H groups in total. The highest BCUT2D eigenvalue weighted by Crippen LogP contribution is 2.09. The van der Waals surface area contributed by atoms with Crippen LogP contribution in [-0.2, 0) is 6.42 Å². The topological polar surface area (TPSA) is 29.1 Å². The smallest absolute Gasteiger partial charge is 0.251 e. The van der Waals surface area contributed by atoms with E-state index in [1.54, 1.807) is 12.1 Å². The quantitative estimate of drug-likeness (QED) is 0.800. The Balaban J connectivity index is 1.89. The zero-order chi connectivity index (χ0) is 14.5. The molecule has 2 aromatic rings. The Morgan fingerprint density at radius 3 is 2.25 bits per heavy atom. The third kappa shape index (κ3) is 4.26. The van der Waals surface area contributed by atoms with Gasteiger partial charge in [-0.05, 0) is 71.0 Å². The summed E-state index contributed by atoms with van der Waals surface area (Å²) in [6.07, 6.45) is 0.380. The van der Waals surface area contributed by atoms with E-state index in [0.29, 0.717) is 24.1 Å². The number of carbonyl (C=O) groups is 1. The predicted octanol–water partition coefficient (Wildman–Crippen LogP) is 3.54. The maximum Gasteiger partial charge on any atom is 0.251 e. The normalized spacial score (nSPS) is 10.3. The molecule has 1 amide bonds. The van der Waals surface area contributed by atoms with Gasteiger partial charge in [0.2, 0.25) is 0 Å². The first kappa shape index (κ1) is 14.9. The largest absolute Gasteiger partial charge is 0.352 e. The molecule has 2 aromatic carbocycles. The van der Waals surface area contributed by atoms with Gasteiger partial charge in [-0.2, -0.15) is 0 Å². The van der Waals surface area contributed by atoms with Crippen LogP contribution in [0.15, 0.2) is 42.5 Å². The van der Waals surface area contributed by atoms with Crippen LogP contribution in [0.25, 0.3) is 0 Å². The zero-order valence-corrected chi connectivity index (χ0v) is 12.7. The Hall–Kier alpha value is -1.50. The first-order valence-corrected chi connectivity index (χ1v) is 7.11. The van der Waals surface area contributed by atoms with Gasteiger partial charge in [-0.3, -0.25) is 4.79 Å². The summed E-state index contributed by atoms with van der Waals surface area (Å²) in [6.45, 7) is 0.327. The Morgan fingerprint density at radius 1 is 1.05 bits per heavy atom. The summed E-state index contributed by atoms with van der Waals surface area (Å²) >= 11 is 2.16. The molecule has 2 rings (SSSR count). The van der Waals surface area contributed by atoms with Crippen molar-refractivity contribution in [1.29, 1.82) is 0 Å². The number of hydrogen-bond acceptors (Lipinski definition) is 1. The molecule has 0 aliphatic rings. The minimum Gasteiger partial charge on any atom is -0.352 e. The summed E-state index contributed by atoms with van der Waals surface area (Å²) in [6, 6.07) is 10.5. The fraction of sp³-hybridized carbons (Fsp3) is 0.133. The molecule has 0 radical (unpaired) electrons. The fourth-order valence-corrected chi connectivity index (χ4v) is 2.14. The SMILES string of the molecule is O=C(NCCc1cc(F)cc(F)c1)c1ccc(I)cc1. The number of amides is 1. The van der Waals surface area contributed by atoms with E-state index < -0.39 is 11.6 Å². The van der Waals surface area contributed by atoms with Crippen LogP contribution < -0.4 is 5.32 Å². The number of benzene rings is 2. The maximum absolute atomic E-state index is 13.0. The van der Waals surface area contributed by atoms with Gasteiger partial charge in [-0.1, -0.05) is 0 Å². The lowest BCUT2D eigenvalue weighted by Crippen LogP contribution is -2.25. The standard InChI is InChI=1S/C15H12F2INO/c16-12-7-10(8-13(17)9-12)5-6-19-15(20)11-1-3-14(18)4-2-11/h1-4,7-9H,5-6H2,(H,19,20). The summed E-state index contributed by atoms with van der Waals surface area (Å²) < 4.78 is 27.0. The molecule has 0 fully saturated rings. The second-order valence-electron chi connectivity index (χ2n) is 4.29. The van der Waals surface area contributed by atoms with Crippen molar-refractivity contribution in [2.45, 2.75) is 6.42 Å². The third-order valence-electron chi connectivity index (χ3n) is 2.73. The van der Waals surface area contributed by atoms with Crippen molar-refractivity contribution in [1.82, 2.24) is 5.32 Å². The highest BCUT2D eigenvalue weighted by atomic mass is 127. The molecule has 20 heavy (non-hydrogen) atoms. The molecule has 0 saturated heterocycles. The first-order valence-electron chi connectivity index (χ1n) is 6.03. The molecule has 0 aliphatic heterocycles. The van der Waals surface area contributed by atoms with Crippen LogP contribution in [0.1, 0.15) is 15.9 Å². The molecule has 0 saturated carbocycles. The Bertz CT molecular complexity index is 594. The summed E-state index contributed by atoms with van der Waals surface area (Å²) in [7, 11) is 0. The molecule has 0 aromatic heterocycles. The number of rotatable bonds is 4. The van der Waals surface area contributed by atoms with Crippen molar-refractivity contribution in [3.63, 3.8) is 0 Å². The highest BCUT2D eigenvalue weighted by Gasteiger charge is 2.05. The molecule has 0 spiro atoms. The van der Waals surface area contributed by atoms with Gasteiger partial charge in [0.25, 0.3) is 5.91 Å². The average molecular weight is 387 g/mol. The van der Waals surface area contributed by atoms with Crippen LogP contribution in [0, 0.1) is 15.2 Å². The molecule has 0 aliphatic carbocycles. The second kappa shape index (κ2) is 6.78. The van der Waals surface area contributed by atoms with Crippen molar-refractivity contribution < 1.29 is 13.6 Å².